The summed E-state index contributed by atoms with van der Waals surface area (Å²) >= 11 is -4.64. The summed E-state index contributed by atoms with van der Waals surface area (Å²) in [7, 11) is 16.8. The Bertz CT molecular complexity index is 1420. The predicted octanol–water partition coefficient (Wildman–Crippen LogP) is 10.2. The molecular formula is C32H37Cl2SiZr. The average molecular weight is 612 g/mol. The van der Waals surface area contributed by atoms with E-state index in [2.05, 4.69) is 121 Å². The van der Waals surface area contributed by atoms with E-state index in [0.717, 1.165) is 0 Å². The van der Waals surface area contributed by atoms with Gasteiger partial charge in [0.05, 0.1) is 0 Å². The molecular weight excluding hydrogens is 575 g/mol. The number of benzene rings is 3. The summed E-state index contributed by atoms with van der Waals surface area (Å²) in [4.78, 5) is 0. The quantitative estimate of drug-likeness (QED) is 0.252. The molecule has 3 aromatic carbocycles. The van der Waals surface area contributed by atoms with Crippen LogP contribution >= 0.6 is 17.0 Å². The van der Waals surface area contributed by atoms with Crippen LogP contribution in [-0.4, -0.2) is 5.92 Å². The molecule has 0 bridgehead atoms. The maximum atomic E-state index is 8.41. The molecule has 2 aliphatic rings. The van der Waals surface area contributed by atoms with Crippen molar-refractivity contribution >= 4 is 35.1 Å². The Hall–Kier alpha value is -1.18. The summed E-state index contributed by atoms with van der Waals surface area (Å²) in [6.45, 7) is 16.2. The second-order valence-corrected chi connectivity index (χ2v) is 54.2. The molecule has 0 amide bonds. The number of hydrogen-bond acceptors (Lipinski definition) is 0. The van der Waals surface area contributed by atoms with E-state index in [1.807, 2.05) is 0 Å². The van der Waals surface area contributed by atoms with E-state index in [9.17, 15) is 0 Å². The van der Waals surface area contributed by atoms with Crippen LogP contribution in [0.3, 0.4) is 0 Å². The fourth-order valence-corrected chi connectivity index (χ4v) is 39.1. The van der Waals surface area contributed by atoms with Crippen LogP contribution in [0, 0.1) is 19.8 Å². The van der Waals surface area contributed by atoms with E-state index in [4.69, 9.17) is 17.0 Å². The maximum absolute atomic E-state index is 8.41. The summed E-state index contributed by atoms with van der Waals surface area (Å²) in [5.41, 5.74) is 13.4. The molecule has 3 aromatic rings. The first-order valence-corrected chi connectivity index (χ1v) is 29.5. The first kappa shape index (κ1) is 26.4. The number of rotatable bonds is 5. The van der Waals surface area contributed by atoms with Gasteiger partial charge in [0.2, 0.25) is 0 Å². The van der Waals surface area contributed by atoms with Crippen molar-refractivity contribution in [2.75, 3.05) is 0 Å². The summed E-state index contributed by atoms with van der Waals surface area (Å²) < 4.78 is 0.300. The van der Waals surface area contributed by atoms with Crippen LogP contribution in [0.4, 0.5) is 0 Å². The molecule has 0 nitrogen and oxygen atoms in total. The standard InChI is InChI=1S/C17H15.C13H15.C2H7Si.2ClH.Zr/c1-12-10-16-13(2)8-9-15(17(16)11-12)14-6-4-3-5-7-14;1-9(2)12-7-11-5-4-10(3)6-13(11)8-12;1-3-2;;;/h3-11H,1-2H3;4-9H,1-3H3;3H,1-2H3;2*1H;/q;;;;;+2/p-2. The molecule has 2 aliphatic carbocycles. The topological polar surface area (TPSA) is 0 Å². The Morgan fingerprint density at radius 1 is 0.833 bits per heavy atom. The Morgan fingerprint density at radius 3 is 2.17 bits per heavy atom. The molecule has 0 aliphatic heterocycles. The normalized spacial score (nSPS) is 20.1. The van der Waals surface area contributed by atoms with Crippen molar-refractivity contribution in [3.05, 3.63) is 105 Å². The van der Waals surface area contributed by atoms with Gasteiger partial charge in [-0.3, -0.25) is 0 Å². The molecule has 0 aromatic heterocycles. The van der Waals surface area contributed by atoms with Gasteiger partial charge in [-0.2, -0.15) is 0 Å². The molecule has 187 valence electrons. The van der Waals surface area contributed by atoms with Gasteiger partial charge < -0.3 is 0 Å². The molecule has 2 atom stereocenters. The molecule has 0 radical (unpaired) electrons. The second-order valence-electron chi connectivity index (χ2n) is 11.7. The molecule has 0 saturated carbocycles. The number of hydrogen-bond donors (Lipinski definition) is 0. The van der Waals surface area contributed by atoms with Crippen LogP contribution in [0.5, 0.6) is 0 Å². The van der Waals surface area contributed by atoms with Gasteiger partial charge in [0.15, 0.2) is 0 Å². The summed E-state index contributed by atoms with van der Waals surface area (Å²) in [5.74, 6) is -1.12. The Kier molecular flexibility index (Phi) is 6.78. The van der Waals surface area contributed by atoms with Crippen molar-refractivity contribution in [3.8, 4) is 11.1 Å². The molecule has 0 fully saturated rings. The summed E-state index contributed by atoms with van der Waals surface area (Å²) in [6.07, 6.45) is 4.83. The Balaban J connectivity index is 1.80. The van der Waals surface area contributed by atoms with Crippen molar-refractivity contribution < 1.29 is 15.6 Å². The molecule has 0 saturated heterocycles. The van der Waals surface area contributed by atoms with Crippen LogP contribution in [0.25, 0.3) is 23.3 Å². The molecule has 0 N–H and O–H groups in total. The van der Waals surface area contributed by atoms with Gasteiger partial charge in [0, 0.05) is 0 Å². The van der Waals surface area contributed by atoms with Gasteiger partial charge in [-0.15, -0.1) is 0 Å². The van der Waals surface area contributed by atoms with Gasteiger partial charge in [-0.1, -0.05) is 0 Å². The summed E-state index contributed by atoms with van der Waals surface area (Å²) in [6, 6.07) is 22.2. The van der Waals surface area contributed by atoms with Crippen molar-refractivity contribution in [2.45, 2.75) is 55.0 Å². The monoisotopic (exact) mass is 609 g/mol. The van der Waals surface area contributed by atoms with Gasteiger partial charge in [-0.25, -0.2) is 0 Å². The van der Waals surface area contributed by atoms with Gasteiger partial charge in [0.1, 0.15) is 0 Å². The van der Waals surface area contributed by atoms with Crippen molar-refractivity contribution in [3.63, 3.8) is 0 Å². The van der Waals surface area contributed by atoms with Crippen LogP contribution < -0.4 is 0 Å². The third kappa shape index (κ3) is 3.86. The van der Waals surface area contributed by atoms with E-state index >= 15 is 0 Å². The van der Waals surface area contributed by atoms with Crippen LogP contribution in [0.15, 0.2) is 71.8 Å². The first-order valence-electron chi connectivity index (χ1n) is 13.2. The minimum absolute atomic E-state index is 0.138. The zero-order valence-electron chi connectivity index (χ0n) is 22.5. The third-order valence-electron chi connectivity index (χ3n) is 8.79. The van der Waals surface area contributed by atoms with Gasteiger partial charge >= 0.3 is 228 Å². The number of aryl methyl sites for hydroxylation is 2. The number of allylic oxidation sites excluding steroid dienone is 2. The Labute approximate surface area is 226 Å². The van der Waals surface area contributed by atoms with Gasteiger partial charge in [0.25, 0.3) is 0 Å². The van der Waals surface area contributed by atoms with Crippen molar-refractivity contribution in [2.24, 2.45) is 5.92 Å². The van der Waals surface area contributed by atoms with Crippen LogP contribution in [0.2, 0.25) is 13.1 Å². The third-order valence-corrected chi connectivity index (χ3v) is 60.7. The van der Waals surface area contributed by atoms with Crippen molar-refractivity contribution in [1.82, 2.24) is 0 Å². The minimum atomic E-state index is -4.64. The van der Waals surface area contributed by atoms with E-state index in [1.165, 1.54) is 55.7 Å². The summed E-state index contributed by atoms with van der Waals surface area (Å²) in [5, 5.41) is 0. The first-order chi connectivity index (χ1) is 16.9. The molecule has 36 heavy (non-hydrogen) atoms. The molecule has 0 heterocycles. The molecule has 0 spiro atoms. The molecule has 2 unspecified atom stereocenters. The number of halogens is 2. The van der Waals surface area contributed by atoms with E-state index < -0.39 is 21.5 Å². The fourth-order valence-electron chi connectivity index (χ4n) is 6.87. The molecule has 5 rings (SSSR count). The van der Waals surface area contributed by atoms with Crippen LogP contribution in [0.1, 0.15) is 61.4 Å². The zero-order chi connectivity index (χ0) is 26.0. The Morgan fingerprint density at radius 2 is 1.53 bits per heavy atom. The van der Waals surface area contributed by atoms with Crippen LogP contribution in [-0.2, 0) is 15.6 Å². The van der Waals surface area contributed by atoms with E-state index in [1.54, 1.807) is 0 Å². The second kappa shape index (κ2) is 9.23. The fraction of sp³-hybridized carbons (Fsp3) is 0.312. The van der Waals surface area contributed by atoms with Gasteiger partial charge in [-0.05, 0) is 0 Å². The van der Waals surface area contributed by atoms with Crippen molar-refractivity contribution in [1.29, 1.82) is 0 Å². The predicted molar refractivity (Wildman–Crippen MR) is 160 cm³/mol. The zero-order valence-corrected chi connectivity index (χ0v) is 27.6. The number of fused-ring (bicyclic) bond motifs is 2. The SMILES string of the molecule is CC1=Cc2c(-c3ccccc3)ccc(C)c2[CH]1[Zr]([Cl])([Cl])([CH]1C(C(C)C)=Cc2ccc(C)cc21)[SiH](C)C. The molecule has 4 heteroatoms. The van der Waals surface area contributed by atoms with E-state index in [0.29, 0.717) is 5.92 Å². The van der Waals surface area contributed by atoms with E-state index in [-0.39, 0.29) is 7.25 Å². The average Bonchev–Trinajstić information content (AvgIpc) is 3.39.